The number of rotatable bonds is 4. The molecular formula is C18H27N3O. The first-order chi connectivity index (χ1) is 10.6. The second-order valence-corrected chi connectivity index (χ2v) is 6.89. The van der Waals surface area contributed by atoms with E-state index in [-0.39, 0.29) is 5.91 Å². The molecule has 120 valence electrons. The van der Waals surface area contributed by atoms with E-state index >= 15 is 0 Å². The molecule has 4 heteroatoms. The Kier molecular flexibility index (Phi) is 4.79. The maximum Gasteiger partial charge on any atom is 0.238 e. The molecule has 4 nitrogen and oxygen atoms in total. The van der Waals surface area contributed by atoms with Gasteiger partial charge < -0.3 is 5.32 Å². The fraction of sp³-hybridized carbons (Fsp3) is 0.611. The maximum atomic E-state index is 12.2. The largest absolute Gasteiger partial charge is 0.325 e. The summed E-state index contributed by atoms with van der Waals surface area (Å²) in [4.78, 5) is 17.1. The van der Waals surface area contributed by atoms with Crippen LogP contribution in [0.2, 0.25) is 0 Å². The lowest BCUT2D eigenvalue weighted by atomic mass is 10.0. The average molecular weight is 301 g/mol. The summed E-state index contributed by atoms with van der Waals surface area (Å²) in [6.45, 7) is 9.27. The van der Waals surface area contributed by atoms with Crippen LogP contribution in [0.1, 0.15) is 38.2 Å². The number of nitrogens with one attached hydrogen (secondary N) is 1. The summed E-state index contributed by atoms with van der Waals surface area (Å²) in [5.74, 6) is 0.621. The SMILES string of the molecule is CC(C)c1ccc(NC(=O)CN2CCN3CCC[C@@H]3C2)cc1. The minimum atomic E-state index is 0.101. The normalized spacial score (nSPS) is 22.8. The number of piperazine rings is 1. The van der Waals surface area contributed by atoms with Crippen LogP contribution in [0.5, 0.6) is 0 Å². The van der Waals surface area contributed by atoms with E-state index in [9.17, 15) is 4.79 Å². The highest BCUT2D eigenvalue weighted by Gasteiger charge is 2.30. The van der Waals surface area contributed by atoms with Gasteiger partial charge in [0.15, 0.2) is 0 Å². The molecule has 2 heterocycles. The molecule has 0 unspecified atom stereocenters. The van der Waals surface area contributed by atoms with Gasteiger partial charge in [-0.2, -0.15) is 0 Å². The number of hydrogen-bond donors (Lipinski definition) is 1. The molecule has 0 aromatic heterocycles. The second-order valence-electron chi connectivity index (χ2n) is 6.89. The van der Waals surface area contributed by atoms with Crippen molar-refractivity contribution in [3.8, 4) is 0 Å². The molecule has 2 aliphatic rings. The van der Waals surface area contributed by atoms with Gasteiger partial charge in [-0.15, -0.1) is 0 Å². The van der Waals surface area contributed by atoms with Crippen molar-refractivity contribution in [3.63, 3.8) is 0 Å². The predicted molar refractivity (Wildman–Crippen MR) is 90.2 cm³/mol. The van der Waals surface area contributed by atoms with Gasteiger partial charge in [0.1, 0.15) is 0 Å². The van der Waals surface area contributed by atoms with E-state index in [1.807, 2.05) is 12.1 Å². The van der Waals surface area contributed by atoms with E-state index in [0.29, 0.717) is 18.5 Å². The minimum absolute atomic E-state index is 0.101. The Balaban J connectivity index is 1.49. The number of carbonyl (C=O) groups excluding carboxylic acids is 1. The molecule has 0 aliphatic carbocycles. The zero-order valence-corrected chi connectivity index (χ0v) is 13.7. The van der Waals surface area contributed by atoms with Gasteiger partial charge in [0.05, 0.1) is 6.54 Å². The highest BCUT2D eigenvalue weighted by molar-refractivity contribution is 5.92. The number of hydrogen-bond acceptors (Lipinski definition) is 3. The van der Waals surface area contributed by atoms with Crippen molar-refractivity contribution in [1.82, 2.24) is 9.80 Å². The minimum Gasteiger partial charge on any atom is -0.325 e. The van der Waals surface area contributed by atoms with Crippen molar-refractivity contribution in [1.29, 1.82) is 0 Å². The number of carbonyl (C=O) groups is 1. The Labute approximate surface area is 133 Å². The monoisotopic (exact) mass is 301 g/mol. The molecule has 1 aromatic carbocycles. The fourth-order valence-corrected chi connectivity index (χ4v) is 3.55. The number of anilines is 1. The first-order valence-corrected chi connectivity index (χ1v) is 8.48. The van der Waals surface area contributed by atoms with E-state index < -0.39 is 0 Å². The Morgan fingerprint density at radius 1 is 1.23 bits per heavy atom. The van der Waals surface area contributed by atoms with Crippen molar-refractivity contribution in [2.24, 2.45) is 0 Å². The second kappa shape index (κ2) is 6.80. The summed E-state index contributed by atoms with van der Waals surface area (Å²) < 4.78 is 0. The quantitative estimate of drug-likeness (QED) is 0.928. The molecule has 2 fully saturated rings. The lowest BCUT2D eigenvalue weighted by Crippen LogP contribution is -2.51. The first-order valence-electron chi connectivity index (χ1n) is 8.48. The van der Waals surface area contributed by atoms with Gasteiger partial charge in [0.25, 0.3) is 0 Å². The highest BCUT2D eigenvalue weighted by atomic mass is 16.2. The van der Waals surface area contributed by atoms with Crippen molar-refractivity contribution >= 4 is 11.6 Å². The van der Waals surface area contributed by atoms with Gasteiger partial charge in [-0.1, -0.05) is 26.0 Å². The van der Waals surface area contributed by atoms with Crippen molar-refractivity contribution < 1.29 is 4.79 Å². The lowest BCUT2D eigenvalue weighted by molar-refractivity contribution is -0.117. The molecule has 2 aliphatic heterocycles. The van der Waals surface area contributed by atoms with Gasteiger partial charge >= 0.3 is 0 Å². The summed E-state index contributed by atoms with van der Waals surface area (Å²) in [6, 6.07) is 8.87. The summed E-state index contributed by atoms with van der Waals surface area (Å²) >= 11 is 0. The summed E-state index contributed by atoms with van der Waals surface area (Å²) in [5, 5.41) is 3.02. The highest BCUT2D eigenvalue weighted by Crippen LogP contribution is 2.21. The van der Waals surface area contributed by atoms with Crippen LogP contribution >= 0.6 is 0 Å². The van der Waals surface area contributed by atoms with Gasteiger partial charge in [-0.3, -0.25) is 14.6 Å². The van der Waals surface area contributed by atoms with Crippen molar-refractivity contribution in [2.75, 3.05) is 38.0 Å². The van der Waals surface area contributed by atoms with Gasteiger partial charge in [0, 0.05) is 31.4 Å². The molecule has 0 radical (unpaired) electrons. The maximum absolute atomic E-state index is 12.2. The molecule has 1 atom stereocenters. The molecule has 3 rings (SSSR count). The summed E-state index contributed by atoms with van der Waals surface area (Å²) in [6.07, 6.45) is 2.60. The third kappa shape index (κ3) is 3.68. The summed E-state index contributed by atoms with van der Waals surface area (Å²) in [5.41, 5.74) is 2.20. The van der Waals surface area contributed by atoms with Gasteiger partial charge in [-0.25, -0.2) is 0 Å². The van der Waals surface area contributed by atoms with E-state index in [0.717, 1.165) is 25.3 Å². The third-order valence-corrected chi connectivity index (χ3v) is 4.90. The first kappa shape index (κ1) is 15.5. The van der Waals surface area contributed by atoms with Gasteiger partial charge in [-0.05, 0) is 43.0 Å². The molecule has 1 N–H and O–H groups in total. The number of fused-ring (bicyclic) bond motifs is 1. The van der Waals surface area contributed by atoms with Crippen LogP contribution in [0.3, 0.4) is 0 Å². The Morgan fingerprint density at radius 2 is 2.00 bits per heavy atom. The van der Waals surface area contributed by atoms with Crippen LogP contribution in [0.4, 0.5) is 5.69 Å². The predicted octanol–water partition coefficient (Wildman–Crippen LogP) is 2.53. The fourth-order valence-electron chi connectivity index (χ4n) is 3.55. The zero-order chi connectivity index (χ0) is 15.5. The lowest BCUT2D eigenvalue weighted by Gasteiger charge is -2.37. The molecule has 22 heavy (non-hydrogen) atoms. The van der Waals surface area contributed by atoms with E-state index in [1.54, 1.807) is 0 Å². The molecule has 2 saturated heterocycles. The molecule has 0 saturated carbocycles. The molecule has 0 spiro atoms. The van der Waals surface area contributed by atoms with Crippen LogP contribution in [0.15, 0.2) is 24.3 Å². The van der Waals surface area contributed by atoms with Crippen LogP contribution in [-0.2, 0) is 4.79 Å². The summed E-state index contributed by atoms with van der Waals surface area (Å²) in [7, 11) is 0. The van der Waals surface area contributed by atoms with E-state index in [1.165, 1.54) is 24.9 Å². The Bertz CT molecular complexity index is 512. The smallest absolute Gasteiger partial charge is 0.238 e. The third-order valence-electron chi connectivity index (χ3n) is 4.90. The van der Waals surface area contributed by atoms with E-state index in [4.69, 9.17) is 0 Å². The Hall–Kier alpha value is -1.39. The van der Waals surface area contributed by atoms with Crippen molar-refractivity contribution in [3.05, 3.63) is 29.8 Å². The van der Waals surface area contributed by atoms with Crippen LogP contribution < -0.4 is 5.32 Å². The molecule has 0 bridgehead atoms. The Morgan fingerprint density at radius 3 is 2.73 bits per heavy atom. The van der Waals surface area contributed by atoms with E-state index in [2.05, 4.69) is 41.1 Å². The van der Waals surface area contributed by atoms with Crippen molar-refractivity contribution in [2.45, 2.75) is 38.6 Å². The number of amides is 1. The standard InChI is InChI=1S/C18H27N3O/c1-14(2)15-5-7-16(8-6-15)19-18(22)13-20-10-11-21-9-3-4-17(21)12-20/h5-8,14,17H,3-4,9-13H2,1-2H3,(H,19,22)/t17-/m1/s1. The topological polar surface area (TPSA) is 35.6 Å². The number of nitrogens with zero attached hydrogens (tertiary/aromatic N) is 2. The van der Waals surface area contributed by atoms with Crippen LogP contribution in [0.25, 0.3) is 0 Å². The molecular weight excluding hydrogens is 274 g/mol. The van der Waals surface area contributed by atoms with Crippen LogP contribution in [0, 0.1) is 0 Å². The van der Waals surface area contributed by atoms with Gasteiger partial charge in [0.2, 0.25) is 5.91 Å². The molecule has 1 aromatic rings. The molecule has 1 amide bonds. The number of benzene rings is 1. The van der Waals surface area contributed by atoms with Crippen LogP contribution in [-0.4, -0.2) is 54.5 Å². The average Bonchev–Trinajstić information content (AvgIpc) is 2.95. The zero-order valence-electron chi connectivity index (χ0n) is 13.7.